The van der Waals surface area contributed by atoms with Crippen LogP contribution in [-0.2, 0) is 4.74 Å². The molecule has 1 aromatic heterocycles. The fourth-order valence-electron chi connectivity index (χ4n) is 3.91. The van der Waals surface area contributed by atoms with Crippen LogP contribution < -0.4 is 10.2 Å². The SMILES string of the molecule is O=C1NCCC(c2ccc3ccccc3c2)c2nc(N3CCOCC3)sc21. The number of nitrogens with zero attached hydrogens (tertiary/aromatic N) is 2. The van der Waals surface area contributed by atoms with Crippen molar-refractivity contribution in [1.29, 1.82) is 0 Å². The number of amides is 1. The van der Waals surface area contributed by atoms with E-state index in [1.54, 1.807) is 0 Å². The number of hydrogen-bond acceptors (Lipinski definition) is 5. The van der Waals surface area contributed by atoms with Crippen LogP contribution in [0.3, 0.4) is 0 Å². The van der Waals surface area contributed by atoms with Crippen LogP contribution >= 0.6 is 11.3 Å². The zero-order valence-corrected chi connectivity index (χ0v) is 15.8. The van der Waals surface area contributed by atoms with Gasteiger partial charge >= 0.3 is 0 Å². The number of carbonyl (C=O) groups is 1. The molecule has 3 heterocycles. The van der Waals surface area contributed by atoms with E-state index in [2.05, 4.69) is 52.7 Å². The van der Waals surface area contributed by atoms with E-state index in [1.165, 1.54) is 27.7 Å². The molecule has 0 radical (unpaired) electrons. The van der Waals surface area contributed by atoms with E-state index in [0.29, 0.717) is 19.8 Å². The number of ether oxygens (including phenoxy) is 1. The van der Waals surface area contributed by atoms with Gasteiger partial charge in [-0.25, -0.2) is 4.98 Å². The number of thiazole rings is 1. The number of anilines is 1. The Morgan fingerprint density at radius 3 is 2.78 bits per heavy atom. The van der Waals surface area contributed by atoms with Crippen LogP contribution in [0.4, 0.5) is 5.13 Å². The molecule has 2 aliphatic heterocycles. The van der Waals surface area contributed by atoms with Gasteiger partial charge in [0.05, 0.1) is 18.9 Å². The number of aromatic nitrogens is 1. The predicted molar refractivity (Wildman–Crippen MR) is 108 cm³/mol. The van der Waals surface area contributed by atoms with E-state index in [9.17, 15) is 4.79 Å². The highest BCUT2D eigenvalue weighted by Gasteiger charge is 2.30. The topological polar surface area (TPSA) is 54.5 Å². The molecule has 5 rings (SSSR count). The molecule has 0 bridgehead atoms. The minimum Gasteiger partial charge on any atom is -0.378 e. The molecule has 0 aliphatic carbocycles. The second-order valence-corrected chi connectivity index (χ2v) is 7.99. The first kappa shape index (κ1) is 16.7. The Morgan fingerprint density at radius 2 is 1.93 bits per heavy atom. The summed E-state index contributed by atoms with van der Waals surface area (Å²) in [6.45, 7) is 3.75. The standard InChI is InChI=1S/C21H21N3O2S/c25-20-19-18(23-21(27-19)24-9-11-26-12-10-24)17(7-8-22-20)16-6-5-14-3-1-2-4-15(14)13-16/h1-6,13,17H,7-12H2,(H,22,25). The van der Waals surface area contributed by atoms with E-state index < -0.39 is 0 Å². The lowest BCUT2D eigenvalue weighted by Crippen LogP contribution is -2.36. The van der Waals surface area contributed by atoms with Crippen molar-refractivity contribution in [2.75, 3.05) is 37.7 Å². The highest BCUT2D eigenvalue weighted by atomic mass is 32.1. The van der Waals surface area contributed by atoms with Crippen molar-refractivity contribution < 1.29 is 9.53 Å². The molecule has 0 saturated carbocycles. The lowest BCUT2D eigenvalue weighted by molar-refractivity contribution is 0.0960. The Balaban J connectivity index is 1.57. The number of fused-ring (bicyclic) bond motifs is 2. The number of nitrogens with one attached hydrogen (secondary N) is 1. The summed E-state index contributed by atoms with van der Waals surface area (Å²) in [6.07, 6.45) is 0.864. The van der Waals surface area contributed by atoms with Crippen molar-refractivity contribution in [3.8, 4) is 0 Å². The third kappa shape index (κ3) is 3.09. The number of benzene rings is 2. The van der Waals surface area contributed by atoms with Gasteiger partial charge in [0.1, 0.15) is 4.88 Å². The summed E-state index contributed by atoms with van der Waals surface area (Å²) in [5.41, 5.74) is 2.15. The second kappa shape index (κ2) is 6.94. The van der Waals surface area contributed by atoms with Crippen molar-refractivity contribution in [3.63, 3.8) is 0 Å². The molecule has 2 aliphatic rings. The Labute approximate surface area is 162 Å². The Morgan fingerprint density at radius 1 is 1.11 bits per heavy atom. The summed E-state index contributed by atoms with van der Waals surface area (Å²) in [4.78, 5) is 20.5. The van der Waals surface area contributed by atoms with Crippen LogP contribution in [0.15, 0.2) is 42.5 Å². The van der Waals surface area contributed by atoms with Gasteiger partial charge in [0, 0.05) is 25.6 Å². The van der Waals surface area contributed by atoms with Crippen molar-refractivity contribution >= 4 is 33.1 Å². The van der Waals surface area contributed by atoms with Crippen LogP contribution in [0.25, 0.3) is 10.8 Å². The first-order chi connectivity index (χ1) is 13.3. The van der Waals surface area contributed by atoms with Crippen molar-refractivity contribution in [3.05, 3.63) is 58.6 Å². The molecule has 1 amide bonds. The Hall–Kier alpha value is -2.44. The fraction of sp³-hybridized carbons (Fsp3) is 0.333. The Kier molecular flexibility index (Phi) is 4.30. The number of morpholine rings is 1. The molecule has 1 saturated heterocycles. The normalized spacial score (nSPS) is 20.2. The minimum absolute atomic E-state index is 0.00491. The Bertz CT molecular complexity index is 994. The minimum atomic E-state index is 0.00491. The summed E-state index contributed by atoms with van der Waals surface area (Å²) < 4.78 is 5.45. The average Bonchev–Trinajstić information content (AvgIpc) is 3.10. The molecular formula is C21H21N3O2S. The molecule has 1 N–H and O–H groups in total. The van der Waals surface area contributed by atoms with Crippen LogP contribution in [0.5, 0.6) is 0 Å². The van der Waals surface area contributed by atoms with Crippen molar-refractivity contribution in [2.24, 2.45) is 0 Å². The maximum absolute atomic E-state index is 12.6. The molecule has 1 fully saturated rings. The largest absolute Gasteiger partial charge is 0.378 e. The highest BCUT2D eigenvalue weighted by molar-refractivity contribution is 7.17. The third-order valence-corrected chi connectivity index (χ3v) is 6.49. The summed E-state index contributed by atoms with van der Waals surface area (Å²) in [5, 5.41) is 6.44. The first-order valence-corrected chi connectivity index (χ1v) is 10.2. The van der Waals surface area contributed by atoms with Crippen LogP contribution in [0.2, 0.25) is 0 Å². The zero-order chi connectivity index (χ0) is 18.2. The molecule has 27 heavy (non-hydrogen) atoms. The quantitative estimate of drug-likeness (QED) is 0.742. The molecule has 6 heteroatoms. The van der Waals surface area contributed by atoms with Crippen LogP contribution in [0.1, 0.15) is 33.3 Å². The first-order valence-electron chi connectivity index (χ1n) is 9.40. The van der Waals surface area contributed by atoms with Crippen LogP contribution in [-0.4, -0.2) is 43.7 Å². The molecule has 5 nitrogen and oxygen atoms in total. The molecule has 0 spiro atoms. The maximum atomic E-state index is 12.6. The predicted octanol–water partition coefficient (Wildman–Crippen LogP) is 3.40. The van der Waals surface area contributed by atoms with Crippen molar-refractivity contribution in [2.45, 2.75) is 12.3 Å². The van der Waals surface area contributed by atoms with E-state index in [1.807, 2.05) is 0 Å². The number of hydrogen-bond donors (Lipinski definition) is 1. The van der Waals surface area contributed by atoms with E-state index in [4.69, 9.17) is 9.72 Å². The van der Waals surface area contributed by atoms with E-state index >= 15 is 0 Å². The summed E-state index contributed by atoms with van der Waals surface area (Å²) in [6, 6.07) is 15.0. The average molecular weight is 379 g/mol. The van der Waals surface area contributed by atoms with Gasteiger partial charge in [-0.2, -0.15) is 0 Å². The van der Waals surface area contributed by atoms with E-state index in [0.717, 1.165) is 35.2 Å². The van der Waals surface area contributed by atoms with Crippen LogP contribution in [0, 0.1) is 0 Å². The lowest BCUT2D eigenvalue weighted by atomic mass is 9.91. The van der Waals surface area contributed by atoms with Gasteiger partial charge in [-0.3, -0.25) is 4.79 Å². The lowest BCUT2D eigenvalue weighted by Gasteiger charge is -2.26. The van der Waals surface area contributed by atoms with Gasteiger partial charge in [-0.1, -0.05) is 53.8 Å². The molecule has 1 atom stereocenters. The number of carbonyl (C=O) groups excluding carboxylic acids is 1. The zero-order valence-electron chi connectivity index (χ0n) is 15.0. The second-order valence-electron chi connectivity index (χ2n) is 7.01. The van der Waals surface area contributed by atoms with Gasteiger partial charge < -0.3 is 15.0 Å². The van der Waals surface area contributed by atoms with Gasteiger partial charge in [-0.05, 0) is 22.8 Å². The molecule has 1 unspecified atom stereocenters. The van der Waals surface area contributed by atoms with Gasteiger partial charge in [0.25, 0.3) is 5.91 Å². The monoisotopic (exact) mass is 379 g/mol. The maximum Gasteiger partial charge on any atom is 0.263 e. The molecular weight excluding hydrogens is 358 g/mol. The summed E-state index contributed by atoms with van der Waals surface area (Å²) in [7, 11) is 0. The molecule has 2 aromatic carbocycles. The summed E-state index contributed by atoms with van der Waals surface area (Å²) >= 11 is 1.51. The highest BCUT2D eigenvalue weighted by Crippen LogP contribution is 2.38. The van der Waals surface area contributed by atoms with Gasteiger partial charge in [0.2, 0.25) is 0 Å². The summed E-state index contributed by atoms with van der Waals surface area (Å²) in [5.74, 6) is 0.139. The fourth-order valence-corrected chi connectivity index (χ4v) is 5.00. The van der Waals surface area contributed by atoms with E-state index in [-0.39, 0.29) is 11.8 Å². The third-order valence-electron chi connectivity index (χ3n) is 5.35. The molecule has 138 valence electrons. The van der Waals surface area contributed by atoms with Crippen molar-refractivity contribution in [1.82, 2.24) is 10.3 Å². The molecule has 3 aromatic rings. The van der Waals surface area contributed by atoms with Gasteiger partial charge in [-0.15, -0.1) is 0 Å². The number of rotatable bonds is 2. The smallest absolute Gasteiger partial charge is 0.263 e. The van der Waals surface area contributed by atoms with Gasteiger partial charge in [0.15, 0.2) is 5.13 Å².